The molecular weight excluding hydrogens is 378 g/mol. The Hall–Kier alpha value is -3.55. The fraction of sp³-hybridized carbons (Fsp3) is 0.286. The van der Waals surface area contributed by atoms with Gasteiger partial charge in [-0.25, -0.2) is 9.59 Å². The quantitative estimate of drug-likeness (QED) is 0.645. The number of carbonyl (C=O) groups excluding carboxylic acids is 3. The summed E-state index contributed by atoms with van der Waals surface area (Å²) in [5.41, 5.74) is 1.47. The lowest BCUT2D eigenvalue weighted by molar-refractivity contribution is -0.149. The molecule has 0 aliphatic heterocycles. The molecule has 0 spiro atoms. The van der Waals surface area contributed by atoms with Crippen molar-refractivity contribution in [2.24, 2.45) is 0 Å². The fourth-order valence-electron chi connectivity index (χ4n) is 2.38. The second-order valence-corrected chi connectivity index (χ2v) is 5.92. The number of ether oxygens (including phenoxy) is 4. The van der Waals surface area contributed by atoms with E-state index in [0.29, 0.717) is 11.5 Å². The first kappa shape index (κ1) is 21.7. The van der Waals surface area contributed by atoms with E-state index in [4.69, 9.17) is 18.9 Å². The number of hydrogen-bond donors (Lipinski definition) is 1. The number of para-hydroxylation sites is 1. The minimum Gasteiger partial charge on any atom is -0.493 e. The van der Waals surface area contributed by atoms with E-state index in [1.165, 1.54) is 13.2 Å². The number of hydrogen-bond acceptors (Lipinski definition) is 7. The maximum absolute atomic E-state index is 12.1. The Balaban J connectivity index is 1.85. The zero-order valence-electron chi connectivity index (χ0n) is 16.5. The molecule has 0 aliphatic carbocycles. The molecule has 0 saturated carbocycles. The molecule has 154 valence electrons. The Morgan fingerprint density at radius 2 is 1.72 bits per heavy atom. The van der Waals surface area contributed by atoms with E-state index in [2.05, 4.69) is 5.32 Å². The number of nitrogens with one attached hydrogen (secondary N) is 1. The number of methoxy groups -OCH3 is 1. The van der Waals surface area contributed by atoms with Crippen LogP contribution in [0, 0.1) is 6.92 Å². The third-order valence-corrected chi connectivity index (χ3v) is 3.73. The predicted molar refractivity (Wildman–Crippen MR) is 105 cm³/mol. The summed E-state index contributed by atoms with van der Waals surface area (Å²) in [6.45, 7) is 2.90. The summed E-state index contributed by atoms with van der Waals surface area (Å²) in [6, 6.07) is 11.7. The van der Waals surface area contributed by atoms with E-state index in [1.54, 1.807) is 37.3 Å². The molecule has 2 aromatic carbocycles. The van der Waals surface area contributed by atoms with Crippen molar-refractivity contribution in [1.29, 1.82) is 0 Å². The maximum atomic E-state index is 12.1. The maximum Gasteiger partial charge on any atom is 0.344 e. The molecule has 0 fully saturated rings. The third-order valence-electron chi connectivity index (χ3n) is 3.73. The van der Waals surface area contributed by atoms with Gasteiger partial charge >= 0.3 is 11.9 Å². The zero-order chi connectivity index (χ0) is 21.2. The van der Waals surface area contributed by atoms with Gasteiger partial charge in [0.15, 0.2) is 24.7 Å². The van der Waals surface area contributed by atoms with Crippen LogP contribution in [0.4, 0.5) is 5.69 Å². The Bertz CT molecular complexity index is 879. The summed E-state index contributed by atoms with van der Waals surface area (Å²) in [5, 5.41) is 2.53. The molecule has 8 nitrogen and oxygen atoms in total. The second-order valence-electron chi connectivity index (χ2n) is 5.92. The van der Waals surface area contributed by atoms with Crippen LogP contribution in [0.2, 0.25) is 0 Å². The normalized spacial score (nSPS) is 10.0. The van der Waals surface area contributed by atoms with Crippen molar-refractivity contribution in [2.75, 3.05) is 32.2 Å². The van der Waals surface area contributed by atoms with Gasteiger partial charge in [-0.2, -0.15) is 0 Å². The van der Waals surface area contributed by atoms with Crippen molar-refractivity contribution in [3.63, 3.8) is 0 Å². The van der Waals surface area contributed by atoms with Crippen LogP contribution in [0.1, 0.15) is 22.8 Å². The van der Waals surface area contributed by atoms with Crippen molar-refractivity contribution in [1.82, 2.24) is 0 Å². The highest BCUT2D eigenvalue weighted by Gasteiger charge is 2.15. The molecule has 0 atom stereocenters. The third kappa shape index (κ3) is 6.53. The molecule has 1 N–H and O–H groups in total. The largest absolute Gasteiger partial charge is 0.493 e. The van der Waals surface area contributed by atoms with Crippen molar-refractivity contribution in [3.8, 4) is 11.5 Å². The standard InChI is InChI=1S/C21H23NO7/c1-4-27-21(25)15-7-5-6-8-16(15)22-19(23)12-29-20(24)13-28-17-10-9-14(2)11-18(17)26-3/h5-11H,4,12-13H2,1-3H3,(H,22,23). The van der Waals surface area contributed by atoms with E-state index in [0.717, 1.165) is 5.56 Å². The number of aryl methyl sites for hydroxylation is 1. The monoisotopic (exact) mass is 401 g/mol. The van der Waals surface area contributed by atoms with Crippen molar-refractivity contribution >= 4 is 23.5 Å². The van der Waals surface area contributed by atoms with Crippen LogP contribution in [-0.4, -0.2) is 44.8 Å². The van der Waals surface area contributed by atoms with Gasteiger partial charge < -0.3 is 24.3 Å². The Morgan fingerprint density at radius 3 is 2.45 bits per heavy atom. The lowest BCUT2D eigenvalue weighted by Crippen LogP contribution is -2.24. The molecule has 8 heteroatoms. The summed E-state index contributed by atoms with van der Waals surface area (Å²) >= 11 is 0. The average molecular weight is 401 g/mol. The van der Waals surface area contributed by atoms with Crippen LogP contribution in [-0.2, 0) is 19.1 Å². The van der Waals surface area contributed by atoms with Crippen molar-refractivity contribution in [3.05, 3.63) is 53.6 Å². The second kappa shape index (κ2) is 10.7. The van der Waals surface area contributed by atoms with Gasteiger partial charge in [0, 0.05) is 0 Å². The fourth-order valence-corrected chi connectivity index (χ4v) is 2.38. The lowest BCUT2D eigenvalue weighted by atomic mass is 10.2. The molecule has 29 heavy (non-hydrogen) atoms. The minimum absolute atomic E-state index is 0.212. The zero-order valence-corrected chi connectivity index (χ0v) is 16.5. The highest BCUT2D eigenvalue weighted by Crippen LogP contribution is 2.27. The molecule has 0 saturated heterocycles. The van der Waals surface area contributed by atoms with Gasteiger partial charge in [0.25, 0.3) is 5.91 Å². The number of anilines is 1. The van der Waals surface area contributed by atoms with E-state index < -0.39 is 24.5 Å². The molecular formula is C21H23NO7. The highest BCUT2D eigenvalue weighted by atomic mass is 16.6. The molecule has 0 bridgehead atoms. The smallest absolute Gasteiger partial charge is 0.344 e. The van der Waals surface area contributed by atoms with Gasteiger partial charge in [0.2, 0.25) is 0 Å². The summed E-state index contributed by atoms with van der Waals surface area (Å²) in [4.78, 5) is 35.8. The first-order chi connectivity index (χ1) is 13.9. The predicted octanol–water partition coefficient (Wildman–Crippen LogP) is 2.74. The van der Waals surface area contributed by atoms with E-state index in [9.17, 15) is 14.4 Å². The van der Waals surface area contributed by atoms with Gasteiger partial charge in [-0.15, -0.1) is 0 Å². The number of rotatable bonds is 9. The van der Waals surface area contributed by atoms with E-state index in [1.807, 2.05) is 13.0 Å². The first-order valence-electron chi connectivity index (χ1n) is 8.93. The molecule has 2 rings (SSSR count). The average Bonchev–Trinajstić information content (AvgIpc) is 2.71. The van der Waals surface area contributed by atoms with Gasteiger partial charge in [-0.05, 0) is 43.7 Å². The van der Waals surface area contributed by atoms with Crippen LogP contribution in [0.15, 0.2) is 42.5 Å². The van der Waals surface area contributed by atoms with Crippen LogP contribution >= 0.6 is 0 Å². The number of amides is 1. The van der Waals surface area contributed by atoms with Gasteiger partial charge in [0.05, 0.1) is 25.0 Å². The molecule has 0 aromatic heterocycles. The Morgan fingerprint density at radius 1 is 0.966 bits per heavy atom. The summed E-state index contributed by atoms with van der Waals surface area (Å²) in [6.07, 6.45) is 0. The number of benzene rings is 2. The molecule has 0 aliphatic rings. The van der Waals surface area contributed by atoms with Gasteiger partial charge in [-0.1, -0.05) is 18.2 Å². The van der Waals surface area contributed by atoms with Crippen LogP contribution < -0.4 is 14.8 Å². The minimum atomic E-state index is -0.721. The molecule has 0 heterocycles. The van der Waals surface area contributed by atoms with Crippen molar-refractivity contribution < 1.29 is 33.3 Å². The SMILES string of the molecule is CCOC(=O)c1ccccc1NC(=O)COC(=O)COc1ccc(C)cc1OC. The van der Waals surface area contributed by atoms with E-state index in [-0.39, 0.29) is 24.5 Å². The van der Waals surface area contributed by atoms with Crippen LogP contribution in [0.3, 0.4) is 0 Å². The lowest BCUT2D eigenvalue weighted by Gasteiger charge is -2.12. The Labute approximate surface area is 168 Å². The first-order valence-corrected chi connectivity index (χ1v) is 8.93. The van der Waals surface area contributed by atoms with Crippen LogP contribution in [0.5, 0.6) is 11.5 Å². The van der Waals surface area contributed by atoms with E-state index >= 15 is 0 Å². The van der Waals surface area contributed by atoms with Gasteiger partial charge in [0.1, 0.15) is 0 Å². The Kier molecular flexibility index (Phi) is 8.02. The molecule has 0 radical (unpaired) electrons. The highest BCUT2D eigenvalue weighted by molar-refractivity contribution is 6.01. The molecule has 1 amide bonds. The number of esters is 2. The van der Waals surface area contributed by atoms with Gasteiger partial charge in [-0.3, -0.25) is 4.79 Å². The van der Waals surface area contributed by atoms with Crippen molar-refractivity contribution in [2.45, 2.75) is 13.8 Å². The summed E-state index contributed by atoms with van der Waals surface area (Å²) in [7, 11) is 1.50. The molecule has 2 aromatic rings. The molecule has 0 unspecified atom stereocenters. The summed E-state index contributed by atoms with van der Waals surface area (Å²) in [5.74, 6) is -0.987. The number of carbonyl (C=O) groups is 3. The topological polar surface area (TPSA) is 100 Å². The summed E-state index contributed by atoms with van der Waals surface area (Å²) < 4.78 is 20.4. The van der Waals surface area contributed by atoms with Crippen LogP contribution in [0.25, 0.3) is 0 Å².